The summed E-state index contributed by atoms with van der Waals surface area (Å²) in [6.07, 6.45) is -0.634. The third-order valence-corrected chi connectivity index (χ3v) is 5.55. The van der Waals surface area contributed by atoms with Crippen molar-refractivity contribution in [2.75, 3.05) is 57.7 Å². The highest BCUT2D eigenvalue weighted by atomic mass is 16.5. The zero-order valence-corrected chi connectivity index (χ0v) is 18.8. The fourth-order valence-corrected chi connectivity index (χ4v) is 3.75. The minimum Gasteiger partial charge on any atom is -0.497 e. The number of carbonyl (C=O) groups excluding carboxylic acids is 1. The summed E-state index contributed by atoms with van der Waals surface area (Å²) in [6, 6.07) is 9.17. The van der Waals surface area contributed by atoms with Crippen LogP contribution in [0.5, 0.6) is 17.2 Å². The Morgan fingerprint density at radius 2 is 1.58 bits per heavy atom. The zero-order valence-electron chi connectivity index (χ0n) is 18.8. The van der Waals surface area contributed by atoms with E-state index in [1.54, 1.807) is 39.2 Å². The van der Waals surface area contributed by atoms with Gasteiger partial charge in [-0.25, -0.2) is 4.79 Å². The van der Waals surface area contributed by atoms with Crippen molar-refractivity contribution in [3.8, 4) is 17.2 Å². The van der Waals surface area contributed by atoms with Gasteiger partial charge in [-0.1, -0.05) is 0 Å². The normalized spacial score (nSPS) is 14.8. The highest BCUT2D eigenvalue weighted by molar-refractivity contribution is 5.91. The number of aliphatic hydroxyl groups excluding tert-OH is 1. The van der Waals surface area contributed by atoms with Gasteiger partial charge < -0.3 is 34.4 Å². The summed E-state index contributed by atoms with van der Waals surface area (Å²) in [5.74, 6) is 2.03. The molecule has 0 aromatic heterocycles. The second kappa shape index (κ2) is 9.78. The molecular weight excluding hydrogens is 398 g/mol. The quantitative estimate of drug-likeness (QED) is 0.732. The van der Waals surface area contributed by atoms with Crippen LogP contribution in [0.1, 0.15) is 24.2 Å². The Morgan fingerprint density at radius 3 is 2.10 bits per heavy atom. The van der Waals surface area contributed by atoms with Gasteiger partial charge in [0.15, 0.2) is 0 Å². The number of nitrogens with one attached hydrogen (secondary N) is 1. The average Bonchev–Trinajstić information content (AvgIpc) is 2.79. The highest BCUT2D eigenvalue weighted by Crippen LogP contribution is 2.32. The van der Waals surface area contributed by atoms with Gasteiger partial charge in [-0.3, -0.25) is 0 Å². The Kier molecular flexibility index (Phi) is 7.12. The molecule has 0 spiro atoms. The number of rotatable bonds is 6. The summed E-state index contributed by atoms with van der Waals surface area (Å²) in [6.45, 7) is 6.13. The van der Waals surface area contributed by atoms with E-state index in [-0.39, 0.29) is 6.03 Å². The van der Waals surface area contributed by atoms with Gasteiger partial charge in [0.25, 0.3) is 0 Å². The Hall–Kier alpha value is -3.13. The van der Waals surface area contributed by atoms with E-state index in [4.69, 9.17) is 14.2 Å². The standard InChI is InChI=1S/C23H31N3O5/c1-15-10-22(31-5)21(14-20(15)16(2)27)24-23(28)26-8-6-25(7-9-26)17-11-18(29-3)13-19(12-17)30-4/h10-14,16,27H,6-9H2,1-5H3,(H,24,28). The predicted octanol–water partition coefficient (Wildman–Crippen LogP) is 3.43. The van der Waals surface area contributed by atoms with Crippen molar-refractivity contribution in [3.63, 3.8) is 0 Å². The number of urea groups is 1. The van der Waals surface area contributed by atoms with Crippen LogP contribution in [0.25, 0.3) is 0 Å². The SMILES string of the molecule is COc1cc(OC)cc(N2CCN(C(=O)Nc3cc(C(C)O)c(C)cc3OC)CC2)c1. The second-order valence-electron chi connectivity index (χ2n) is 7.56. The fourth-order valence-electron chi connectivity index (χ4n) is 3.75. The van der Waals surface area contributed by atoms with Gasteiger partial charge >= 0.3 is 6.03 Å². The number of amides is 2. The summed E-state index contributed by atoms with van der Waals surface area (Å²) in [5, 5.41) is 12.9. The van der Waals surface area contributed by atoms with E-state index in [2.05, 4.69) is 10.2 Å². The fraction of sp³-hybridized carbons (Fsp3) is 0.435. The molecule has 0 bridgehead atoms. The Bertz CT molecular complexity index is 901. The van der Waals surface area contributed by atoms with E-state index in [1.165, 1.54) is 0 Å². The Labute approximate surface area is 183 Å². The van der Waals surface area contributed by atoms with Crippen molar-refractivity contribution in [3.05, 3.63) is 41.5 Å². The average molecular weight is 430 g/mol. The van der Waals surface area contributed by atoms with E-state index in [0.717, 1.165) is 28.3 Å². The van der Waals surface area contributed by atoms with Crippen LogP contribution in [0.4, 0.5) is 16.2 Å². The largest absolute Gasteiger partial charge is 0.497 e. The molecule has 3 rings (SSSR count). The van der Waals surface area contributed by atoms with E-state index in [0.29, 0.717) is 37.6 Å². The van der Waals surface area contributed by atoms with Gasteiger partial charge in [-0.15, -0.1) is 0 Å². The first-order valence-corrected chi connectivity index (χ1v) is 10.3. The molecule has 0 saturated carbocycles. The molecule has 8 heteroatoms. The molecule has 1 fully saturated rings. The summed E-state index contributed by atoms with van der Waals surface area (Å²) in [7, 11) is 4.82. The summed E-state index contributed by atoms with van der Waals surface area (Å²) >= 11 is 0. The van der Waals surface area contributed by atoms with Gasteiger partial charge in [0, 0.05) is 50.1 Å². The second-order valence-corrected chi connectivity index (χ2v) is 7.56. The van der Waals surface area contributed by atoms with E-state index in [1.807, 2.05) is 31.2 Å². The number of aliphatic hydroxyl groups is 1. The monoisotopic (exact) mass is 429 g/mol. The topological polar surface area (TPSA) is 83.5 Å². The van der Waals surface area contributed by atoms with Crippen molar-refractivity contribution >= 4 is 17.4 Å². The van der Waals surface area contributed by atoms with Crippen molar-refractivity contribution in [2.24, 2.45) is 0 Å². The zero-order chi connectivity index (χ0) is 22.5. The van der Waals surface area contributed by atoms with Crippen LogP contribution in [0.15, 0.2) is 30.3 Å². The lowest BCUT2D eigenvalue weighted by Crippen LogP contribution is -2.50. The number of methoxy groups -OCH3 is 3. The van der Waals surface area contributed by atoms with E-state index in [9.17, 15) is 9.90 Å². The molecule has 1 aliphatic rings. The molecular formula is C23H31N3O5. The highest BCUT2D eigenvalue weighted by Gasteiger charge is 2.23. The van der Waals surface area contributed by atoms with Gasteiger partial charge in [0.1, 0.15) is 17.2 Å². The van der Waals surface area contributed by atoms with Crippen molar-refractivity contribution in [1.29, 1.82) is 0 Å². The van der Waals surface area contributed by atoms with Gasteiger partial charge in [-0.2, -0.15) is 0 Å². The molecule has 168 valence electrons. The molecule has 1 unspecified atom stereocenters. The first kappa shape index (κ1) is 22.6. The first-order valence-electron chi connectivity index (χ1n) is 10.3. The van der Waals surface area contributed by atoms with Crippen LogP contribution in [0, 0.1) is 6.92 Å². The molecule has 2 N–H and O–H groups in total. The molecule has 2 amide bonds. The number of carbonyl (C=O) groups is 1. The molecule has 2 aromatic carbocycles. The van der Waals surface area contributed by atoms with Gasteiger partial charge in [0.2, 0.25) is 0 Å². The predicted molar refractivity (Wildman–Crippen MR) is 121 cm³/mol. The van der Waals surface area contributed by atoms with Crippen LogP contribution in [-0.4, -0.2) is 63.5 Å². The minimum atomic E-state index is -0.634. The Morgan fingerprint density at radius 1 is 0.968 bits per heavy atom. The van der Waals surface area contributed by atoms with E-state index >= 15 is 0 Å². The summed E-state index contributed by atoms with van der Waals surface area (Å²) < 4.78 is 16.1. The molecule has 0 aliphatic carbocycles. The van der Waals surface area contributed by atoms with E-state index < -0.39 is 6.10 Å². The summed E-state index contributed by atoms with van der Waals surface area (Å²) in [5.41, 5.74) is 3.21. The summed E-state index contributed by atoms with van der Waals surface area (Å²) in [4.78, 5) is 16.9. The van der Waals surface area contributed by atoms with Crippen LogP contribution in [0.3, 0.4) is 0 Å². The maximum Gasteiger partial charge on any atom is 0.322 e. The van der Waals surface area contributed by atoms with Crippen LogP contribution in [0.2, 0.25) is 0 Å². The number of nitrogens with zero attached hydrogens (tertiary/aromatic N) is 2. The Balaban J connectivity index is 1.68. The smallest absolute Gasteiger partial charge is 0.322 e. The van der Waals surface area contributed by atoms with Gasteiger partial charge in [-0.05, 0) is 37.1 Å². The molecule has 1 atom stereocenters. The lowest BCUT2D eigenvalue weighted by molar-refractivity contribution is 0.198. The molecule has 2 aromatic rings. The van der Waals surface area contributed by atoms with Crippen molar-refractivity contribution in [2.45, 2.75) is 20.0 Å². The molecule has 1 aliphatic heterocycles. The number of hydrogen-bond acceptors (Lipinski definition) is 6. The first-order chi connectivity index (χ1) is 14.9. The van der Waals surface area contributed by atoms with Gasteiger partial charge in [0.05, 0.1) is 33.1 Å². The molecule has 0 radical (unpaired) electrons. The number of ether oxygens (including phenoxy) is 3. The third kappa shape index (κ3) is 5.14. The number of aryl methyl sites for hydroxylation is 1. The van der Waals surface area contributed by atoms with Crippen molar-refractivity contribution in [1.82, 2.24) is 4.90 Å². The maximum absolute atomic E-state index is 12.9. The molecule has 1 saturated heterocycles. The maximum atomic E-state index is 12.9. The number of benzene rings is 2. The third-order valence-electron chi connectivity index (χ3n) is 5.55. The van der Waals surface area contributed by atoms with Crippen LogP contribution < -0.4 is 24.4 Å². The van der Waals surface area contributed by atoms with Crippen LogP contribution >= 0.6 is 0 Å². The molecule has 8 nitrogen and oxygen atoms in total. The number of anilines is 2. The lowest BCUT2D eigenvalue weighted by atomic mass is 10.0. The molecule has 31 heavy (non-hydrogen) atoms. The van der Waals surface area contributed by atoms with Crippen LogP contribution in [-0.2, 0) is 0 Å². The number of hydrogen-bond donors (Lipinski definition) is 2. The molecule has 1 heterocycles. The number of piperazine rings is 1. The minimum absolute atomic E-state index is 0.193. The lowest BCUT2D eigenvalue weighted by Gasteiger charge is -2.36. The van der Waals surface area contributed by atoms with Crippen molar-refractivity contribution < 1.29 is 24.1 Å².